The first-order valence-electron chi connectivity index (χ1n) is 11.4. The first kappa shape index (κ1) is 28.0. The molecule has 0 atom stereocenters. The molecule has 0 bridgehead atoms. The molecule has 3 N–H and O–H groups in total. The van der Waals surface area contributed by atoms with Gasteiger partial charge in [-0.25, -0.2) is 18.3 Å². The van der Waals surface area contributed by atoms with E-state index in [2.05, 4.69) is 5.32 Å². The van der Waals surface area contributed by atoms with Crippen LogP contribution < -0.4 is 19.5 Å². The number of nitrogens with zero attached hydrogens (tertiary/aromatic N) is 1. The summed E-state index contributed by atoms with van der Waals surface area (Å²) in [5.41, 5.74) is 0.0304. The molecule has 0 saturated carbocycles. The van der Waals surface area contributed by atoms with E-state index in [0.717, 1.165) is 29.2 Å². The Kier molecular flexibility index (Phi) is 7.95. The summed E-state index contributed by atoms with van der Waals surface area (Å²) in [6, 6.07) is 12.5. The van der Waals surface area contributed by atoms with Crippen molar-refractivity contribution in [2.45, 2.75) is 0 Å². The zero-order valence-electron chi connectivity index (χ0n) is 20.6. The number of hydrogen-bond donors (Lipinski definition) is 3. The number of carbonyl (C=O) groups is 4. The monoisotopic (exact) mass is 574 g/mol. The SMILES string of the molecule is COc1ccc(C(=O)Nc2ccc(F)c(F)c2)cc1NS(=O)(=O)NC(=O)OCCN1C(=O)c2ccccc2C1=O. The van der Waals surface area contributed by atoms with Gasteiger partial charge in [0.1, 0.15) is 12.4 Å². The maximum absolute atomic E-state index is 13.4. The molecule has 0 radical (unpaired) electrons. The van der Waals surface area contributed by atoms with Gasteiger partial charge in [-0.3, -0.25) is 24.0 Å². The Labute approximate surface area is 226 Å². The van der Waals surface area contributed by atoms with E-state index in [-0.39, 0.29) is 40.4 Å². The first-order chi connectivity index (χ1) is 19.0. The number of benzene rings is 3. The molecule has 1 heterocycles. The summed E-state index contributed by atoms with van der Waals surface area (Å²) in [7, 11) is -3.39. The van der Waals surface area contributed by atoms with E-state index in [1.807, 2.05) is 4.72 Å². The minimum absolute atomic E-state index is 0.0197. The summed E-state index contributed by atoms with van der Waals surface area (Å²) in [5, 5.41) is 2.34. The van der Waals surface area contributed by atoms with Crippen LogP contribution in [-0.4, -0.2) is 57.4 Å². The van der Waals surface area contributed by atoms with E-state index in [1.165, 1.54) is 31.4 Å². The van der Waals surface area contributed by atoms with E-state index in [1.54, 1.807) is 16.9 Å². The van der Waals surface area contributed by atoms with Crippen molar-refractivity contribution >= 4 is 45.4 Å². The summed E-state index contributed by atoms with van der Waals surface area (Å²) < 4.78 is 65.1. The summed E-state index contributed by atoms with van der Waals surface area (Å²) in [5.74, 6) is -4.22. The third-order valence-electron chi connectivity index (χ3n) is 5.53. The van der Waals surface area contributed by atoms with Crippen molar-refractivity contribution in [3.05, 3.63) is 89.0 Å². The fraction of sp³-hybridized carbons (Fsp3) is 0.120. The molecular weight excluding hydrogens is 554 g/mol. The number of anilines is 2. The summed E-state index contributed by atoms with van der Waals surface area (Å²) in [6.45, 7) is -0.800. The van der Waals surface area contributed by atoms with Crippen LogP contribution in [0.3, 0.4) is 0 Å². The van der Waals surface area contributed by atoms with Crippen molar-refractivity contribution in [3.8, 4) is 5.75 Å². The van der Waals surface area contributed by atoms with Gasteiger partial charge in [0.15, 0.2) is 11.6 Å². The number of carbonyl (C=O) groups excluding carboxylic acids is 4. The fourth-order valence-corrected chi connectivity index (χ4v) is 4.47. The maximum Gasteiger partial charge on any atom is 0.422 e. The summed E-state index contributed by atoms with van der Waals surface area (Å²) >= 11 is 0. The topological polar surface area (TPSA) is 160 Å². The highest BCUT2D eigenvalue weighted by Crippen LogP contribution is 2.27. The molecule has 0 unspecified atom stereocenters. The molecule has 4 rings (SSSR count). The second kappa shape index (κ2) is 11.4. The Morgan fingerprint density at radius 3 is 2.23 bits per heavy atom. The van der Waals surface area contributed by atoms with E-state index in [0.29, 0.717) is 0 Å². The largest absolute Gasteiger partial charge is 0.495 e. The first-order valence-corrected chi connectivity index (χ1v) is 12.8. The summed E-state index contributed by atoms with van der Waals surface area (Å²) in [6.07, 6.45) is -1.41. The number of rotatable bonds is 9. The standard InChI is InChI=1S/C25H20F2N4O8S/c1-38-21-9-6-14(22(32)28-15-7-8-18(26)19(27)13-15)12-20(21)29-40(36,37)30-25(35)39-11-10-31-23(33)16-4-2-3-5-17(16)24(31)34/h2-9,12-13,29H,10-11H2,1H3,(H,28,32)(H,30,35). The van der Waals surface area contributed by atoms with Crippen LogP contribution in [-0.2, 0) is 14.9 Å². The van der Waals surface area contributed by atoms with Gasteiger partial charge >= 0.3 is 16.3 Å². The lowest BCUT2D eigenvalue weighted by Gasteiger charge is -2.15. The van der Waals surface area contributed by atoms with Crippen molar-refractivity contribution in [1.82, 2.24) is 9.62 Å². The Bertz CT molecular complexity index is 1600. The molecule has 12 nitrogen and oxygen atoms in total. The van der Waals surface area contributed by atoms with E-state index >= 15 is 0 Å². The highest BCUT2D eigenvalue weighted by atomic mass is 32.2. The molecule has 0 aromatic heterocycles. The lowest BCUT2D eigenvalue weighted by Crippen LogP contribution is -2.38. The Morgan fingerprint density at radius 1 is 0.925 bits per heavy atom. The number of nitrogens with one attached hydrogen (secondary N) is 3. The van der Waals surface area contributed by atoms with Gasteiger partial charge < -0.3 is 14.8 Å². The Morgan fingerprint density at radius 2 is 1.60 bits per heavy atom. The molecule has 3 aromatic rings. The van der Waals surface area contributed by atoms with Gasteiger partial charge in [-0.2, -0.15) is 8.42 Å². The molecule has 0 spiro atoms. The average molecular weight is 575 g/mol. The molecule has 0 saturated heterocycles. The highest BCUT2D eigenvalue weighted by Gasteiger charge is 2.35. The number of hydrogen-bond acceptors (Lipinski definition) is 8. The third-order valence-corrected chi connectivity index (χ3v) is 6.45. The smallest absolute Gasteiger partial charge is 0.422 e. The summed E-state index contributed by atoms with van der Waals surface area (Å²) in [4.78, 5) is 50.2. The van der Waals surface area contributed by atoms with Crippen molar-refractivity contribution < 1.29 is 45.9 Å². The number of methoxy groups -OCH3 is 1. The molecule has 1 aliphatic heterocycles. The van der Waals surface area contributed by atoms with Crippen molar-refractivity contribution in [2.75, 3.05) is 30.3 Å². The quantitative estimate of drug-likeness (QED) is 0.329. The highest BCUT2D eigenvalue weighted by molar-refractivity contribution is 7.91. The van der Waals surface area contributed by atoms with Gasteiger partial charge in [-0.15, -0.1) is 0 Å². The van der Waals surface area contributed by atoms with Crippen molar-refractivity contribution in [3.63, 3.8) is 0 Å². The Hall–Kier alpha value is -5.05. The van der Waals surface area contributed by atoms with Crippen molar-refractivity contribution in [1.29, 1.82) is 0 Å². The van der Waals surface area contributed by atoms with Crippen LogP contribution >= 0.6 is 0 Å². The molecule has 4 amide bonds. The molecule has 15 heteroatoms. The van der Waals surface area contributed by atoms with Crippen LogP contribution in [0.2, 0.25) is 0 Å². The second-order valence-electron chi connectivity index (χ2n) is 8.15. The van der Waals surface area contributed by atoms with Crippen molar-refractivity contribution in [2.24, 2.45) is 0 Å². The second-order valence-corrected chi connectivity index (χ2v) is 9.56. The van der Waals surface area contributed by atoms with Gasteiger partial charge in [0, 0.05) is 17.3 Å². The zero-order chi connectivity index (χ0) is 29.0. The molecule has 40 heavy (non-hydrogen) atoms. The predicted octanol–water partition coefficient (Wildman–Crippen LogP) is 2.90. The number of amides is 4. The van der Waals surface area contributed by atoms with Crippen LogP contribution in [0, 0.1) is 11.6 Å². The maximum atomic E-state index is 13.4. The van der Waals surface area contributed by atoms with Crippen LogP contribution in [0.4, 0.5) is 25.0 Å². The predicted molar refractivity (Wildman–Crippen MR) is 136 cm³/mol. The normalized spacial score (nSPS) is 12.5. The average Bonchev–Trinajstić information content (AvgIpc) is 3.15. The van der Waals surface area contributed by atoms with Crippen LogP contribution in [0.25, 0.3) is 0 Å². The molecule has 0 fully saturated rings. The minimum Gasteiger partial charge on any atom is -0.495 e. The van der Waals surface area contributed by atoms with Gasteiger partial charge in [0.05, 0.1) is 30.5 Å². The number of fused-ring (bicyclic) bond motifs is 1. The van der Waals surface area contributed by atoms with Gasteiger partial charge in [-0.1, -0.05) is 12.1 Å². The number of halogens is 2. The fourth-order valence-electron chi connectivity index (χ4n) is 3.69. The Balaban J connectivity index is 1.36. The molecule has 208 valence electrons. The van der Waals surface area contributed by atoms with Crippen LogP contribution in [0.15, 0.2) is 60.7 Å². The van der Waals surface area contributed by atoms with Gasteiger partial charge in [0.25, 0.3) is 17.7 Å². The van der Waals surface area contributed by atoms with Gasteiger partial charge in [-0.05, 0) is 42.5 Å². The van der Waals surface area contributed by atoms with Crippen LogP contribution in [0.1, 0.15) is 31.1 Å². The number of ether oxygens (including phenoxy) is 2. The number of imide groups is 1. The van der Waals surface area contributed by atoms with E-state index < -0.39 is 52.3 Å². The lowest BCUT2D eigenvalue weighted by atomic mass is 10.1. The molecule has 1 aliphatic rings. The van der Waals surface area contributed by atoms with Gasteiger partial charge in [0.2, 0.25) is 0 Å². The molecule has 3 aromatic carbocycles. The third kappa shape index (κ3) is 6.15. The van der Waals surface area contributed by atoms with E-state index in [9.17, 15) is 36.4 Å². The molecule has 0 aliphatic carbocycles. The van der Waals surface area contributed by atoms with E-state index in [4.69, 9.17) is 9.47 Å². The lowest BCUT2D eigenvalue weighted by molar-refractivity contribution is 0.0607. The van der Waals surface area contributed by atoms with Crippen LogP contribution in [0.5, 0.6) is 5.75 Å². The minimum atomic E-state index is -4.62. The zero-order valence-corrected chi connectivity index (χ0v) is 21.4. The molecular formula is C25H20F2N4O8S.